The first-order valence-electron chi connectivity index (χ1n) is 10.5. The number of carbonyl (C=O) groups excluding carboxylic acids is 1. The number of amides is 1. The van der Waals surface area contributed by atoms with Gasteiger partial charge in [-0.3, -0.25) is 4.79 Å². The Bertz CT molecular complexity index is 1060. The van der Waals surface area contributed by atoms with E-state index in [1.807, 2.05) is 36.1 Å². The minimum Gasteiger partial charge on any atom is -0.373 e. The van der Waals surface area contributed by atoms with Gasteiger partial charge in [0.15, 0.2) is 17.0 Å². The van der Waals surface area contributed by atoms with Gasteiger partial charge in [-0.05, 0) is 31.9 Å². The van der Waals surface area contributed by atoms with Crippen LogP contribution >= 0.6 is 0 Å². The second-order valence-electron chi connectivity index (χ2n) is 7.95. The summed E-state index contributed by atoms with van der Waals surface area (Å²) in [6.45, 7) is 6.06. The van der Waals surface area contributed by atoms with Crippen LogP contribution in [0.2, 0.25) is 0 Å². The van der Waals surface area contributed by atoms with Crippen molar-refractivity contribution in [1.82, 2.24) is 29.9 Å². The first kappa shape index (κ1) is 18.9. The predicted octanol–water partition coefficient (Wildman–Crippen LogP) is 1.67. The summed E-state index contributed by atoms with van der Waals surface area (Å²) >= 11 is 0. The lowest BCUT2D eigenvalue weighted by molar-refractivity contribution is -0.0297. The number of benzene rings is 1. The van der Waals surface area contributed by atoms with Gasteiger partial charge >= 0.3 is 0 Å². The van der Waals surface area contributed by atoms with E-state index in [-0.39, 0.29) is 12.0 Å². The summed E-state index contributed by atoms with van der Waals surface area (Å²) in [6.07, 6.45) is 3.74. The molecule has 2 aliphatic rings. The SMILES string of the molecule is Cc1cccc(C(=O)N2CCO[C@H](Cn3nnc4c(N5CCCC5)ncnc43)C2)c1. The normalized spacial score (nSPS) is 19.6. The number of fused-ring (bicyclic) bond motifs is 1. The second kappa shape index (κ2) is 7.98. The zero-order valence-electron chi connectivity index (χ0n) is 17.1. The van der Waals surface area contributed by atoms with Crippen LogP contribution in [0.25, 0.3) is 11.2 Å². The lowest BCUT2D eigenvalue weighted by Crippen LogP contribution is -2.47. The van der Waals surface area contributed by atoms with Crippen LogP contribution in [0.4, 0.5) is 5.82 Å². The largest absolute Gasteiger partial charge is 0.373 e. The van der Waals surface area contributed by atoms with Crippen molar-refractivity contribution in [1.29, 1.82) is 0 Å². The highest BCUT2D eigenvalue weighted by Crippen LogP contribution is 2.24. The molecule has 3 aromatic rings. The number of hydrogen-bond acceptors (Lipinski definition) is 7. The predicted molar refractivity (Wildman–Crippen MR) is 111 cm³/mol. The molecule has 0 saturated carbocycles. The third-order valence-corrected chi connectivity index (χ3v) is 5.75. The van der Waals surface area contributed by atoms with Gasteiger partial charge in [0.2, 0.25) is 0 Å². The third-order valence-electron chi connectivity index (χ3n) is 5.75. The van der Waals surface area contributed by atoms with Crippen LogP contribution in [0.5, 0.6) is 0 Å². The standard InChI is InChI=1S/C21H25N7O2/c1-15-5-4-6-16(11-15)21(29)27-9-10-30-17(12-27)13-28-20-18(24-25-28)19(22-14-23-20)26-7-2-3-8-26/h4-6,11,14,17H,2-3,7-10,12-13H2,1H3/t17-/m0/s1. The molecule has 2 aliphatic heterocycles. The van der Waals surface area contributed by atoms with Crippen LogP contribution < -0.4 is 4.90 Å². The Morgan fingerprint density at radius 2 is 2.07 bits per heavy atom. The average molecular weight is 407 g/mol. The van der Waals surface area contributed by atoms with Crippen molar-refractivity contribution in [2.45, 2.75) is 32.4 Å². The molecule has 9 heteroatoms. The maximum Gasteiger partial charge on any atom is 0.254 e. The quantitative estimate of drug-likeness (QED) is 0.650. The molecule has 0 bridgehead atoms. The van der Waals surface area contributed by atoms with E-state index in [1.54, 1.807) is 11.0 Å². The lowest BCUT2D eigenvalue weighted by atomic mass is 10.1. The molecule has 0 spiro atoms. The van der Waals surface area contributed by atoms with E-state index in [1.165, 1.54) is 12.8 Å². The molecule has 2 fully saturated rings. The zero-order valence-corrected chi connectivity index (χ0v) is 17.1. The lowest BCUT2D eigenvalue weighted by Gasteiger charge is -2.33. The van der Waals surface area contributed by atoms with Gasteiger partial charge in [-0.1, -0.05) is 22.9 Å². The van der Waals surface area contributed by atoms with Gasteiger partial charge in [-0.15, -0.1) is 5.10 Å². The van der Waals surface area contributed by atoms with Crippen molar-refractivity contribution in [3.05, 3.63) is 41.7 Å². The van der Waals surface area contributed by atoms with Gasteiger partial charge in [0.25, 0.3) is 5.91 Å². The summed E-state index contributed by atoms with van der Waals surface area (Å²) in [5.41, 5.74) is 3.22. The van der Waals surface area contributed by atoms with Crippen molar-refractivity contribution in [3.63, 3.8) is 0 Å². The first-order valence-corrected chi connectivity index (χ1v) is 10.5. The van der Waals surface area contributed by atoms with E-state index in [2.05, 4.69) is 25.2 Å². The summed E-state index contributed by atoms with van der Waals surface area (Å²) < 4.78 is 7.70. The number of aromatic nitrogens is 5. The summed E-state index contributed by atoms with van der Waals surface area (Å²) in [5, 5.41) is 8.67. The Kier molecular flexibility index (Phi) is 5.04. The van der Waals surface area contributed by atoms with E-state index in [0.717, 1.165) is 30.0 Å². The number of nitrogens with zero attached hydrogens (tertiary/aromatic N) is 7. The van der Waals surface area contributed by atoms with Gasteiger partial charge in [0.1, 0.15) is 6.33 Å². The van der Waals surface area contributed by atoms with Gasteiger partial charge in [-0.25, -0.2) is 14.6 Å². The van der Waals surface area contributed by atoms with Crippen molar-refractivity contribution in [3.8, 4) is 0 Å². The molecule has 0 radical (unpaired) electrons. The fourth-order valence-electron chi connectivity index (χ4n) is 4.23. The Morgan fingerprint density at radius 3 is 2.90 bits per heavy atom. The van der Waals surface area contributed by atoms with E-state index in [9.17, 15) is 4.79 Å². The molecule has 156 valence electrons. The average Bonchev–Trinajstić information content (AvgIpc) is 3.44. The summed E-state index contributed by atoms with van der Waals surface area (Å²) in [4.78, 5) is 25.9. The molecule has 5 rings (SSSR count). The molecule has 30 heavy (non-hydrogen) atoms. The first-order chi connectivity index (χ1) is 14.7. The topological polar surface area (TPSA) is 89.3 Å². The number of hydrogen-bond donors (Lipinski definition) is 0. The Hall–Kier alpha value is -3.07. The number of rotatable bonds is 4. The molecule has 0 aliphatic carbocycles. The molecule has 4 heterocycles. The minimum atomic E-state index is -0.164. The highest BCUT2D eigenvalue weighted by atomic mass is 16.5. The number of anilines is 1. The van der Waals surface area contributed by atoms with E-state index in [4.69, 9.17) is 4.74 Å². The van der Waals surface area contributed by atoms with Crippen LogP contribution in [0.1, 0.15) is 28.8 Å². The molecule has 1 aromatic carbocycles. The minimum absolute atomic E-state index is 0.0362. The van der Waals surface area contributed by atoms with Crippen LogP contribution in [-0.4, -0.2) is 74.7 Å². The maximum atomic E-state index is 12.9. The zero-order chi connectivity index (χ0) is 20.5. The Morgan fingerprint density at radius 1 is 1.20 bits per heavy atom. The molecule has 0 unspecified atom stereocenters. The van der Waals surface area contributed by atoms with Crippen molar-refractivity contribution in [2.75, 3.05) is 37.7 Å². The summed E-state index contributed by atoms with van der Waals surface area (Å²) in [6, 6.07) is 7.70. The van der Waals surface area contributed by atoms with Crippen molar-refractivity contribution >= 4 is 22.9 Å². The molecule has 1 atom stereocenters. The Balaban J connectivity index is 1.33. The van der Waals surface area contributed by atoms with Crippen molar-refractivity contribution in [2.24, 2.45) is 0 Å². The highest BCUT2D eigenvalue weighted by molar-refractivity contribution is 5.94. The smallest absolute Gasteiger partial charge is 0.254 e. The van der Waals surface area contributed by atoms with Gasteiger partial charge in [0.05, 0.1) is 19.3 Å². The third kappa shape index (κ3) is 3.60. The second-order valence-corrected chi connectivity index (χ2v) is 7.95. The molecule has 2 aromatic heterocycles. The molecule has 1 amide bonds. The summed E-state index contributed by atoms with van der Waals surface area (Å²) in [7, 11) is 0. The van der Waals surface area contributed by atoms with Gasteiger partial charge in [-0.2, -0.15) is 0 Å². The summed E-state index contributed by atoms with van der Waals surface area (Å²) in [5.74, 6) is 0.888. The Labute approximate surface area is 174 Å². The highest BCUT2D eigenvalue weighted by Gasteiger charge is 2.27. The van der Waals surface area contributed by atoms with Crippen LogP contribution in [0.3, 0.4) is 0 Å². The van der Waals surface area contributed by atoms with Gasteiger partial charge < -0.3 is 14.5 Å². The number of morpholine rings is 1. The molecular formula is C21H25N7O2. The number of carbonyl (C=O) groups is 1. The van der Waals surface area contributed by atoms with Crippen LogP contribution in [-0.2, 0) is 11.3 Å². The fourth-order valence-corrected chi connectivity index (χ4v) is 4.23. The molecule has 0 N–H and O–H groups in total. The molecule has 2 saturated heterocycles. The van der Waals surface area contributed by atoms with E-state index >= 15 is 0 Å². The van der Waals surface area contributed by atoms with Crippen LogP contribution in [0, 0.1) is 6.92 Å². The van der Waals surface area contributed by atoms with E-state index < -0.39 is 0 Å². The number of aryl methyl sites for hydroxylation is 1. The van der Waals surface area contributed by atoms with Crippen molar-refractivity contribution < 1.29 is 9.53 Å². The van der Waals surface area contributed by atoms with E-state index in [0.29, 0.717) is 37.5 Å². The fraction of sp³-hybridized carbons (Fsp3) is 0.476. The monoisotopic (exact) mass is 407 g/mol. The molecule has 9 nitrogen and oxygen atoms in total. The maximum absolute atomic E-state index is 12.9. The number of ether oxygens (including phenoxy) is 1. The molecular weight excluding hydrogens is 382 g/mol. The van der Waals surface area contributed by atoms with Gasteiger partial charge in [0, 0.05) is 31.7 Å². The van der Waals surface area contributed by atoms with Crippen LogP contribution in [0.15, 0.2) is 30.6 Å².